The molecule has 0 unspecified atom stereocenters. The van der Waals surface area contributed by atoms with Crippen molar-refractivity contribution >= 4 is 40.5 Å². The number of aromatic nitrogens is 2. The van der Waals surface area contributed by atoms with E-state index in [1.54, 1.807) is 28.8 Å². The van der Waals surface area contributed by atoms with Crippen molar-refractivity contribution in [3.8, 4) is 0 Å². The van der Waals surface area contributed by atoms with Crippen LogP contribution >= 0.6 is 0 Å². The minimum Gasteiger partial charge on any atom is -0.462 e. The van der Waals surface area contributed by atoms with Gasteiger partial charge in [-0.05, 0) is 42.8 Å². The van der Waals surface area contributed by atoms with Crippen LogP contribution in [-0.2, 0) is 14.3 Å². The monoisotopic (exact) mass is 406 g/mol. The molecule has 1 aliphatic rings. The van der Waals surface area contributed by atoms with Crippen molar-refractivity contribution in [2.24, 2.45) is 0 Å². The molecule has 8 heteroatoms. The molecule has 30 heavy (non-hydrogen) atoms. The Morgan fingerprint density at radius 2 is 1.97 bits per heavy atom. The molecule has 0 saturated carbocycles. The lowest BCUT2D eigenvalue weighted by Gasteiger charge is -2.25. The molecule has 1 aromatic heterocycles. The van der Waals surface area contributed by atoms with Crippen molar-refractivity contribution in [2.45, 2.75) is 32.2 Å². The number of nitrogens with zero attached hydrogens (tertiary/aromatic N) is 2. The first-order valence-corrected chi connectivity index (χ1v) is 9.91. The second-order valence-electron chi connectivity index (χ2n) is 7.12. The van der Waals surface area contributed by atoms with Crippen molar-refractivity contribution < 1.29 is 19.1 Å². The largest absolute Gasteiger partial charge is 0.462 e. The quantitative estimate of drug-likeness (QED) is 0.482. The molecule has 4 rings (SSSR count). The summed E-state index contributed by atoms with van der Waals surface area (Å²) >= 11 is 0. The van der Waals surface area contributed by atoms with Gasteiger partial charge < -0.3 is 10.1 Å². The number of imidazole rings is 1. The van der Waals surface area contributed by atoms with Gasteiger partial charge in [0, 0.05) is 5.69 Å². The number of anilines is 2. The second kappa shape index (κ2) is 8.36. The number of hydrogen-bond acceptors (Lipinski definition) is 5. The number of para-hydroxylation sites is 2. The van der Waals surface area contributed by atoms with Crippen LogP contribution in [0.15, 0.2) is 48.5 Å². The third-order valence-electron chi connectivity index (χ3n) is 4.96. The van der Waals surface area contributed by atoms with E-state index in [0.717, 1.165) is 18.4 Å². The molecule has 8 nitrogen and oxygen atoms in total. The number of ether oxygens (including phenoxy) is 1. The highest BCUT2D eigenvalue weighted by Crippen LogP contribution is 2.31. The molecular formula is C22H22N4O4. The molecule has 2 heterocycles. The summed E-state index contributed by atoms with van der Waals surface area (Å²) in [6.45, 7) is 2.41. The van der Waals surface area contributed by atoms with Crippen molar-refractivity contribution in [3.63, 3.8) is 0 Å². The van der Waals surface area contributed by atoms with Gasteiger partial charge in [0.2, 0.25) is 17.8 Å². The van der Waals surface area contributed by atoms with E-state index in [1.807, 2.05) is 31.2 Å². The Balaban J connectivity index is 1.51. The average molecular weight is 406 g/mol. The summed E-state index contributed by atoms with van der Waals surface area (Å²) in [5, 5.41) is 5.55. The van der Waals surface area contributed by atoms with Crippen LogP contribution < -0.4 is 10.6 Å². The maximum Gasteiger partial charge on any atom is 0.338 e. The van der Waals surface area contributed by atoms with Crippen LogP contribution in [-0.4, -0.2) is 33.9 Å². The number of carbonyl (C=O) groups excluding carboxylic acids is 3. The molecule has 2 N–H and O–H groups in total. The molecule has 0 aliphatic carbocycles. The Labute approximate surface area is 173 Å². The van der Waals surface area contributed by atoms with Crippen molar-refractivity contribution in [3.05, 3.63) is 54.1 Å². The number of esters is 1. The van der Waals surface area contributed by atoms with E-state index < -0.39 is 6.04 Å². The van der Waals surface area contributed by atoms with Gasteiger partial charge in [0.25, 0.3) is 0 Å². The maximum absolute atomic E-state index is 13.0. The topological polar surface area (TPSA) is 102 Å². The summed E-state index contributed by atoms with van der Waals surface area (Å²) < 4.78 is 6.93. The van der Waals surface area contributed by atoms with Crippen LogP contribution in [0.25, 0.3) is 11.0 Å². The third-order valence-corrected chi connectivity index (χ3v) is 4.96. The van der Waals surface area contributed by atoms with Crippen LogP contribution in [0.1, 0.15) is 42.6 Å². The fourth-order valence-electron chi connectivity index (χ4n) is 3.41. The van der Waals surface area contributed by atoms with Gasteiger partial charge in [-0.2, -0.15) is 0 Å². The lowest BCUT2D eigenvalue weighted by Crippen LogP contribution is -2.35. The summed E-state index contributed by atoms with van der Waals surface area (Å²) in [5.74, 6) is -0.617. The van der Waals surface area contributed by atoms with Gasteiger partial charge in [0.05, 0.1) is 29.6 Å². The number of rotatable bonds is 6. The molecule has 0 spiro atoms. The summed E-state index contributed by atoms with van der Waals surface area (Å²) in [4.78, 5) is 41.5. The SMILES string of the molecule is CCCCOC(=O)c1ccc(NC(=O)[C@@H]2CC(=O)Nc3nc4ccccc4n32)cc1. The fraction of sp³-hybridized carbons (Fsp3) is 0.273. The van der Waals surface area contributed by atoms with Crippen LogP contribution in [0.4, 0.5) is 11.6 Å². The second-order valence-corrected chi connectivity index (χ2v) is 7.12. The van der Waals surface area contributed by atoms with Gasteiger partial charge in [0.15, 0.2) is 0 Å². The van der Waals surface area contributed by atoms with Crippen molar-refractivity contribution in [2.75, 3.05) is 17.2 Å². The molecular weight excluding hydrogens is 384 g/mol. The zero-order valence-corrected chi connectivity index (χ0v) is 16.6. The van der Waals surface area contributed by atoms with Crippen molar-refractivity contribution in [1.82, 2.24) is 9.55 Å². The van der Waals surface area contributed by atoms with Crippen LogP contribution in [0, 0.1) is 0 Å². The summed E-state index contributed by atoms with van der Waals surface area (Å²) in [6.07, 6.45) is 1.78. The van der Waals surface area contributed by atoms with E-state index in [-0.39, 0.29) is 24.2 Å². The van der Waals surface area contributed by atoms with Gasteiger partial charge in [-0.25, -0.2) is 9.78 Å². The Morgan fingerprint density at radius 1 is 1.20 bits per heavy atom. The van der Waals surface area contributed by atoms with Gasteiger partial charge in [-0.3, -0.25) is 19.5 Å². The Kier molecular flexibility index (Phi) is 5.47. The normalized spacial score (nSPS) is 15.4. The number of hydrogen-bond donors (Lipinski definition) is 2. The predicted molar refractivity (Wildman–Crippen MR) is 112 cm³/mol. The van der Waals surface area contributed by atoms with E-state index in [4.69, 9.17) is 4.74 Å². The van der Waals surface area contributed by atoms with E-state index in [1.165, 1.54) is 0 Å². The molecule has 0 fully saturated rings. The van der Waals surface area contributed by atoms with Crippen LogP contribution in [0.2, 0.25) is 0 Å². The lowest BCUT2D eigenvalue weighted by molar-refractivity contribution is -0.124. The first kappa shape index (κ1) is 19.6. The molecule has 2 amide bonds. The smallest absolute Gasteiger partial charge is 0.338 e. The highest BCUT2D eigenvalue weighted by Gasteiger charge is 2.32. The van der Waals surface area contributed by atoms with E-state index in [9.17, 15) is 14.4 Å². The standard InChI is InChI=1S/C22H22N4O4/c1-2-3-12-30-21(29)14-8-10-15(11-9-14)23-20(28)18-13-19(27)25-22-24-16-6-4-5-7-17(16)26(18)22/h4-11,18H,2-3,12-13H2,1H3,(H,23,28)(H,24,25,27)/t18-/m0/s1. The molecule has 0 saturated heterocycles. The van der Waals surface area contributed by atoms with Crippen LogP contribution in [0.5, 0.6) is 0 Å². The molecule has 0 radical (unpaired) electrons. The van der Waals surface area contributed by atoms with Crippen molar-refractivity contribution in [1.29, 1.82) is 0 Å². The van der Waals surface area contributed by atoms with Gasteiger partial charge in [-0.1, -0.05) is 25.5 Å². The molecule has 1 atom stereocenters. The number of unbranched alkanes of at least 4 members (excludes halogenated alkanes) is 1. The molecule has 3 aromatic rings. The van der Waals surface area contributed by atoms with E-state index >= 15 is 0 Å². The molecule has 1 aliphatic heterocycles. The number of fused-ring (bicyclic) bond motifs is 3. The number of amides is 2. The zero-order chi connectivity index (χ0) is 21.1. The molecule has 154 valence electrons. The lowest BCUT2D eigenvalue weighted by atomic mass is 10.1. The first-order chi connectivity index (χ1) is 14.6. The number of nitrogens with one attached hydrogen (secondary N) is 2. The summed E-state index contributed by atoms with van der Waals surface area (Å²) in [6, 6.07) is 13.2. The first-order valence-electron chi connectivity index (χ1n) is 9.91. The van der Waals surface area contributed by atoms with Gasteiger partial charge >= 0.3 is 5.97 Å². The average Bonchev–Trinajstić information content (AvgIpc) is 3.11. The summed E-state index contributed by atoms with van der Waals surface area (Å²) in [7, 11) is 0. The minimum atomic E-state index is -0.722. The maximum atomic E-state index is 13.0. The van der Waals surface area contributed by atoms with Gasteiger partial charge in [0.1, 0.15) is 6.04 Å². The zero-order valence-electron chi connectivity index (χ0n) is 16.6. The fourth-order valence-corrected chi connectivity index (χ4v) is 3.41. The molecule has 2 aromatic carbocycles. The Morgan fingerprint density at radius 3 is 2.73 bits per heavy atom. The third kappa shape index (κ3) is 3.89. The summed E-state index contributed by atoms with van der Waals surface area (Å²) in [5.41, 5.74) is 2.43. The predicted octanol–water partition coefficient (Wildman–Crippen LogP) is 3.52. The van der Waals surface area contributed by atoms with Gasteiger partial charge in [-0.15, -0.1) is 0 Å². The van der Waals surface area contributed by atoms with E-state index in [0.29, 0.717) is 29.3 Å². The molecule has 0 bridgehead atoms. The highest BCUT2D eigenvalue weighted by atomic mass is 16.5. The number of benzene rings is 2. The van der Waals surface area contributed by atoms with Crippen LogP contribution in [0.3, 0.4) is 0 Å². The minimum absolute atomic E-state index is 0.0149. The van der Waals surface area contributed by atoms with E-state index in [2.05, 4.69) is 15.6 Å². The highest BCUT2D eigenvalue weighted by molar-refractivity contribution is 6.03. The Bertz CT molecular complexity index is 1100. The Hall–Kier alpha value is -3.68. The number of carbonyl (C=O) groups is 3.